The average Bonchev–Trinajstić information content (AvgIpc) is 3.08. The van der Waals surface area contributed by atoms with Crippen LogP contribution in [0.2, 0.25) is 0 Å². The van der Waals surface area contributed by atoms with Crippen LogP contribution in [0.25, 0.3) is 0 Å². The topological polar surface area (TPSA) is 97.6 Å². The Morgan fingerprint density at radius 3 is 2.83 bits per heavy atom. The lowest BCUT2D eigenvalue weighted by molar-refractivity contribution is -0.0382. The number of H-pyrrole nitrogens is 1. The average molecular weight is 332 g/mol. The Labute approximate surface area is 140 Å². The summed E-state index contributed by atoms with van der Waals surface area (Å²) >= 11 is 0. The van der Waals surface area contributed by atoms with Gasteiger partial charge in [-0.3, -0.25) is 10.00 Å². The van der Waals surface area contributed by atoms with Gasteiger partial charge in [0.05, 0.1) is 19.2 Å². The van der Waals surface area contributed by atoms with Gasteiger partial charge in [-0.25, -0.2) is 9.67 Å². The van der Waals surface area contributed by atoms with Crippen LogP contribution >= 0.6 is 0 Å². The van der Waals surface area contributed by atoms with Crippen LogP contribution in [0.1, 0.15) is 63.2 Å². The molecule has 1 N–H and O–H groups in total. The summed E-state index contributed by atoms with van der Waals surface area (Å²) in [5.74, 6) is 2.55. The molecule has 2 aromatic heterocycles. The fourth-order valence-electron chi connectivity index (χ4n) is 2.88. The molecule has 0 spiro atoms. The van der Waals surface area contributed by atoms with E-state index in [0.717, 1.165) is 37.1 Å². The summed E-state index contributed by atoms with van der Waals surface area (Å²) < 4.78 is 7.86. The molecule has 2 aliphatic rings. The molecule has 0 bridgehead atoms. The Hall–Kier alpha value is -1.87. The largest absolute Gasteiger partial charge is 0.368 e. The van der Waals surface area contributed by atoms with Crippen LogP contribution in [0.15, 0.2) is 0 Å². The number of nitrogens with one attached hydrogen (secondary N) is 1. The predicted octanol–water partition coefficient (Wildman–Crippen LogP) is 0.997. The number of hydrogen-bond acceptors (Lipinski definition) is 7. The number of rotatable bonds is 4. The first kappa shape index (κ1) is 15.6. The van der Waals surface area contributed by atoms with Gasteiger partial charge in [-0.15, -0.1) is 5.10 Å². The van der Waals surface area contributed by atoms with E-state index in [4.69, 9.17) is 4.74 Å². The first-order valence-corrected chi connectivity index (χ1v) is 8.54. The molecule has 0 radical (unpaired) electrons. The number of nitrogens with zero attached hydrogens (tertiary/aromatic N) is 7. The maximum atomic E-state index is 5.90. The molecule has 24 heavy (non-hydrogen) atoms. The third kappa shape index (κ3) is 3.18. The number of tetrazole rings is 1. The zero-order valence-corrected chi connectivity index (χ0v) is 14.4. The molecule has 2 fully saturated rings. The molecule has 1 atom stereocenters. The molecular formula is C15H24N8O. The maximum absolute atomic E-state index is 5.90. The van der Waals surface area contributed by atoms with E-state index in [9.17, 15) is 0 Å². The summed E-state index contributed by atoms with van der Waals surface area (Å²) in [5.41, 5.74) is -0.0740. The Morgan fingerprint density at radius 2 is 2.12 bits per heavy atom. The van der Waals surface area contributed by atoms with Crippen molar-refractivity contribution in [2.45, 2.75) is 57.7 Å². The van der Waals surface area contributed by atoms with E-state index < -0.39 is 0 Å². The molecule has 4 rings (SSSR count). The highest BCUT2D eigenvalue weighted by Gasteiger charge is 2.31. The van der Waals surface area contributed by atoms with Crippen molar-refractivity contribution in [2.75, 3.05) is 19.7 Å². The Bertz CT molecular complexity index is 698. The quantitative estimate of drug-likeness (QED) is 0.892. The van der Waals surface area contributed by atoms with Crippen LogP contribution in [0.3, 0.4) is 0 Å². The third-order valence-corrected chi connectivity index (χ3v) is 4.45. The zero-order chi connectivity index (χ0) is 16.7. The van der Waals surface area contributed by atoms with E-state index in [1.165, 1.54) is 12.8 Å². The highest BCUT2D eigenvalue weighted by Crippen LogP contribution is 2.34. The molecule has 0 amide bonds. The van der Waals surface area contributed by atoms with Gasteiger partial charge in [-0.2, -0.15) is 5.10 Å². The maximum Gasteiger partial charge on any atom is 0.165 e. The summed E-state index contributed by atoms with van der Waals surface area (Å²) in [6.45, 7) is 9.35. The molecule has 1 saturated heterocycles. The fourth-order valence-corrected chi connectivity index (χ4v) is 2.88. The number of ether oxygens (including phenoxy) is 1. The molecule has 0 unspecified atom stereocenters. The van der Waals surface area contributed by atoms with E-state index in [0.29, 0.717) is 12.6 Å². The molecule has 9 nitrogen and oxygen atoms in total. The first-order chi connectivity index (χ1) is 11.5. The monoisotopic (exact) mass is 332 g/mol. The van der Waals surface area contributed by atoms with Gasteiger partial charge in [-0.1, -0.05) is 20.8 Å². The summed E-state index contributed by atoms with van der Waals surface area (Å²) in [6.07, 6.45) is 2.27. The van der Waals surface area contributed by atoms with Gasteiger partial charge in [0, 0.05) is 18.5 Å². The van der Waals surface area contributed by atoms with Crippen LogP contribution in [-0.4, -0.2) is 60.0 Å². The van der Waals surface area contributed by atoms with Crippen LogP contribution in [0.5, 0.6) is 0 Å². The van der Waals surface area contributed by atoms with Crippen molar-refractivity contribution in [3.8, 4) is 0 Å². The number of aromatic amines is 1. The minimum atomic E-state index is -0.0902. The second-order valence-electron chi connectivity index (χ2n) is 7.66. The van der Waals surface area contributed by atoms with Crippen LogP contribution in [-0.2, 0) is 16.7 Å². The summed E-state index contributed by atoms with van der Waals surface area (Å²) in [6, 6.07) is 0.496. The Kier molecular flexibility index (Phi) is 3.84. The Morgan fingerprint density at radius 1 is 1.29 bits per heavy atom. The number of aromatic nitrogens is 7. The lowest BCUT2D eigenvalue weighted by Crippen LogP contribution is -2.38. The number of morpholine rings is 1. The normalized spacial score (nSPS) is 22.9. The molecule has 2 aromatic rings. The Balaban J connectivity index is 1.43. The number of hydrogen-bond donors (Lipinski definition) is 1. The predicted molar refractivity (Wildman–Crippen MR) is 85.1 cm³/mol. The van der Waals surface area contributed by atoms with Gasteiger partial charge in [0.1, 0.15) is 6.10 Å². The van der Waals surface area contributed by atoms with E-state index in [-0.39, 0.29) is 11.5 Å². The van der Waals surface area contributed by atoms with Crippen molar-refractivity contribution < 1.29 is 4.74 Å². The zero-order valence-electron chi connectivity index (χ0n) is 14.4. The second-order valence-corrected chi connectivity index (χ2v) is 7.66. The second kappa shape index (κ2) is 5.89. The van der Waals surface area contributed by atoms with Crippen molar-refractivity contribution in [3.63, 3.8) is 0 Å². The van der Waals surface area contributed by atoms with Crippen molar-refractivity contribution in [2.24, 2.45) is 0 Å². The third-order valence-electron chi connectivity index (χ3n) is 4.45. The van der Waals surface area contributed by atoms with Crippen LogP contribution in [0.4, 0.5) is 0 Å². The lowest BCUT2D eigenvalue weighted by atomic mass is 9.96. The van der Waals surface area contributed by atoms with Crippen LogP contribution in [0, 0.1) is 0 Å². The lowest BCUT2D eigenvalue weighted by Gasteiger charge is -2.31. The SMILES string of the molecule is CC(C)(C)c1n[nH]c([C@H]2CN(Cc3nnnn3C3CC3)CCO2)n1. The first-order valence-electron chi connectivity index (χ1n) is 8.54. The van der Waals surface area contributed by atoms with Crippen molar-refractivity contribution in [1.29, 1.82) is 0 Å². The molecule has 3 heterocycles. The minimum absolute atomic E-state index is 0.0740. The summed E-state index contributed by atoms with van der Waals surface area (Å²) in [4.78, 5) is 6.95. The van der Waals surface area contributed by atoms with Gasteiger partial charge in [0.25, 0.3) is 0 Å². The molecular weight excluding hydrogens is 308 g/mol. The molecule has 1 aliphatic carbocycles. The van der Waals surface area contributed by atoms with Gasteiger partial charge in [0.2, 0.25) is 0 Å². The van der Waals surface area contributed by atoms with E-state index >= 15 is 0 Å². The molecule has 130 valence electrons. The highest BCUT2D eigenvalue weighted by atomic mass is 16.5. The molecule has 1 aliphatic heterocycles. The van der Waals surface area contributed by atoms with E-state index in [2.05, 4.69) is 56.4 Å². The van der Waals surface area contributed by atoms with Gasteiger partial charge in [0.15, 0.2) is 17.5 Å². The molecule has 1 saturated carbocycles. The molecule has 0 aromatic carbocycles. The van der Waals surface area contributed by atoms with E-state index in [1.54, 1.807) is 0 Å². The van der Waals surface area contributed by atoms with Crippen molar-refractivity contribution >= 4 is 0 Å². The van der Waals surface area contributed by atoms with E-state index in [1.807, 2.05) is 4.68 Å². The minimum Gasteiger partial charge on any atom is -0.368 e. The smallest absolute Gasteiger partial charge is 0.165 e. The van der Waals surface area contributed by atoms with Crippen LogP contribution < -0.4 is 0 Å². The van der Waals surface area contributed by atoms with Gasteiger partial charge in [-0.05, 0) is 23.3 Å². The standard InChI is InChI=1S/C15H24N8O/c1-15(2,3)14-16-13(18-19-14)11-8-22(6-7-24-11)9-12-17-20-21-23(12)10-4-5-10/h10-11H,4-9H2,1-3H3,(H,16,18,19)/t11-/m1/s1. The molecule has 9 heteroatoms. The van der Waals surface area contributed by atoms with Gasteiger partial charge >= 0.3 is 0 Å². The fraction of sp³-hybridized carbons (Fsp3) is 0.800. The highest BCUT2D eigenvalue weighted by molar-refractivity contribution is 5.04. The van der Waals surface area contributed by atoms with Gasteiger partial charge < -0.3 is 4.74 Å². The summed E-state index contributed by atoms with van der Waals surface area (Å²) in [5, 5.41) is 19.5. The van der Waals surface area contributed by atoms with Crippen molar-refractivity contribution in [3.05, 3.63) is 17.5 Å². The van der Waals surface area contributed by atoms with Crippen molar-refractivity contribution in [1.82, 2.24) is 40.3 Å². The summed E-state index contributed by atoms with van der Waals surface area (Å²) in [7, 11) is 0.